The molecule has 0 amide bonds. The molecule has 1 aromatic rings. The number of rotatable bonds is 4. The highest BCUT2D eigenvalue weighted by Gasteiger charge is 2.16. The van der Waals surface area contributed by atoms with Crippen LogP contribution < -0.4 is 0 Å². The predicted molar refractivity (Wildman–Crippen MR) is 56.6 cm³/mol. The highest BCUT2D eigenvalue weighted by atomic mass is 19.1. The van der Waals surface area contributed by atoms with Gasteiger partial charge in [-0.2, -0.15) is 0 Å². The van der Waals surface area contributed by atoms with Crippen molar-refractivity contribution in [1.82, 2.24) is 0 Å². The van der Waals surface area contributed by atoms with Crippen LogP contribution in [0.4, 0.5) is 4.39 Å². The van der Waals surface area contributed by atoms with E-state index in [2.05, 4.69) is 9.99 Å². The van der Waals surface area contributed by atoms with Gasteiger partial charge in [-0.15, -0.1) is 0 Å². The zero-order valence-corrected chi connectivity index (χ0v) is 9.07. The van der Waals surface area contributed by atoms with Gasteiger partial charge in [-0.1, -0.05) is 5.16 Å². The molecule has 0 bridgehead atoms. The Hall–Kier alpha value is -1.91. The fourth-order valence-electron chi connectivity index (χ4n) is 1.11. The third kappa shape index (κ3) is 3.05. The minimum atomic E-state index is -0.601. The molecule has 1 aromatic carbocycles. The van der Waals surface area contributed by atoms with Crippen LogP contribution in [0.25, 0.3) is 0 Å². The molecule has 16 heavy (non-hydrogen) atoms. The quantitative estimate of drug-likeness (QED) is 0.445. The van der Waals surface area contributed by atoms with Crippen LogP contribution in [-0.2, 0) is 14.4 Å². The molecule has 4 nitrogen and oxygen atoms in total. The van der Waals surface area contributed by atoms with E-state index in [0.29, 0.717) is 5.56 Å². The standard InChI is InChI=1S/C11H12FNO3/c1-3-16-11(14)10(13-15-2)8-4-6-9(12)7-5-8/h4-7H,3H2,1-2H3/b13-10-. The number of halogens is 1. The minimum absolute atomic E-state index is 0.0179. The molecule has 0 heterocycles. The Morgan fingerprint density at radius 2 is 2.00 bits per heavy atom. The van der Waals surface area contributed by atoms with Gasteiger partial charge in [-0.25, -0.2) is 9.18 Å². The normalized spacial score (nSPS) is 11.1. The highest BCUT2D eigenvalue weighted by molar-refractivity contribution is 6.43. The van der Waals surface area contributed by atoms with Crippen molar-refractivity contribution in [1.29, 1.82) is 0 Å². The zero-order valence-electron chi connectivity index (χ0n) is 9.07. The Bertz CT molecular complexity index is 387. The molecule has 0 fully saturated rings. The second-order valence-corrected chi connectivity index (χ2v) is 2.85. The summed E-state index contributed by atoms with van der Waals surface area (Å²) in [4.78, 5) is 16.0. The molecule has 0 saturated carbocycles. The van der Waals surface area contributed by atoms with Crippen LogP contribution in [0.1, 0.15) is 12.5 Å². The fraction of sp³-hybridized carbons (Fsp3) is 0.273. The van der Waals surface area contributed by atoms with Gasteiger partial charge in [0.05, 0.1) is 6.61 Å². The van der Waals surface area contributed by atoms with Gasteiger partial charge in [-0.05, 0) is 31.2 Å². The van der Waals surface area contributed by atoms with Crippen LogP contribution in [0, 0.1) is 5.82 Å². The first-order valence-electron chi connectivity index (χ1n) is 4.73. The average molecular weight is 225 g/mol. The Kier molecular flexibility index (Phi) is 4.44. The lowest BCUT2D eigenvalue weighted by molar-refractivity contribution is -0.135. The summed E-state index contributed by atoms with van der Waals surface area (Å²) in [5.74, 6) is -0.986. The Labute approximate surface area is 92.7 Å². The molecule has 1 rings (SSSR count). The molecule has 0 aliphatic heterocycles. The van der Waals surface area contributed by atoms with Gasteiger partial charge in [0.1, 0.15) is 12.9 Å². The van der Waals surface area contributed by atoms with Crippen LogP contribution in [0.5, 0.6) is 0 Å². The summed E-state index contributed by atoms with van der Waals surface area (Å²) < 4.78 is 17.5. The van der Waals surface area contributed by atoms with Crippen molar-refractivity contribution in [3.05, 3.63) is 35.6 Å². The summed E-state index contributed by atoms with van der Waals surface area (Å²) in [6.45, 7) is 1.93. The van der Waals surface area contributed by atoms with Crippen molar-refractivity contribution in [3.63, 3.8) is 0 Å². The van der Waals surface area contributed by atoms with Gasteiger partial charge in [0.25, 0.3) is 0 Å². The predicted octanol–water partition coefficient (Wildman–Crippen LogP) is 1.74. The summed E-state index contributed by atoms with van der Waals surface area (Å²) in [6, 6.07) is 5.34. The molecular weight excluding hydrogens is 213 g/mol. The highest BCUT2D eigenvalue weighted by Crippen LogP contribution is 2.06. The monoisotopic (exact) mass is 225 g/mol. The second-order valence-electron chi connectivity index (χ2n) is 2.85. The van der Waals surface area contributed by atoms with Gasteiger partial charge in [0.15, 0.2) is 5.71 Å². The fourth-order valence-corrected chi connectivity index (χ4v) is 1.11. The van der Waals surface area contributed by atoms with Crippen molar-refractivity contribution in [2.75, 3.05) is 13.7 Å². The number of esters is 1. The zero-order chi connectivity index (χ0) is 12.0. The maximum Gasteiger partial charge on any atom is 0.361 e. The Balaban J connectivity index is 2.99. The SMILES string of the molecule is CCOC(=O)/C(=N\OC)c1ccc(F)cc1. The second kappa shape index (κ2) is 5.85. The van der Waals surface area contributed by atoms with E-state index in [1.54, 1.807) is 6.92 Å². The van der Waals surface area contributed by atoms with E-state index in [-0.39, 0.29) is 18.1 Å². The number of carbonyl (C=O) groups excluding carboxylic acids is 1. The lowest BCUT2D eigenvalue weighted by Gasteiger charge is -2.04. The molecule has 86 valence electrons. The first kappa shape index (κ1) is 12.2. The molecule has 0 unspecified atom stereocenters. The molecule has 0 radical (unpaired) electrons. The van der Waals surface area contributed by atoms with E-state index in [0.717, 1.165) is 0 Å². The van der Waals surface area contributed by atoms with Crippen molar-refractivity contribution >= 4 is 11.7 Å². The largest absolute Gasteiger partial charge is 0.461 e. The molecule has 5 heteroatoms. The van der Waals surface area contributed by atoms with Crippen LogP contribution in [-0.4, -0.2) is 25.4 Å². The van der Waals surface area contributed by atoms with E-state index < -0.39 is 5.97 Å². The summed E-state index contributed by atoms with van der Waals surface area (Å²) in [5.41, 5.74) is 0.464. The number of oxime groups is 1. The third-order valence-electron chi connectivity index (χ3n) is 1.77. The molecule has 0 aliphatic rings. The maximum absolute atomic E-state index is 12.7. The van der Waals surface area contributed by atoms with E-state index in [1.807, 2.05) is 0 Å². The number of hydrogen-bond acceptors (Lipinski definition) is 4. The van der Waals surface area contributed by atoms with Crippen molar-refractivity contribution in [3.8, 4) is 0 Å². The van der Waals surface area contributed by atoms with Gasteiger partial charge in [0, 0.05) is 5.56 Å². The van der Waals surface area contributed by atoms with Gasteiger partial charge in [-0.3, -0.25) is 0 Å². The van der Waals surface area contributed by atoms with Crippen LogP contribution in [0.15, 0.2) is 29.4 Å². The number of carbonyl (C=O) groups is 1. The summed E-state index contributed by atoms with van der Waals surface area (Å²) in [7, 11) is 1.32. The van der Waals surface area contributed by atoms with Crippen LogP contribution in [0.2, 0.25) is 0 Å². The van der Waals surface area contributed by atoms with E-state index in [4.69, 9.17) is 4.74 Å². The van der Waals surface area contributed by atoms with Crippen molar-refractivity contribution in [2.45, 2.75) is 6.92 Å². The summed E-state index contributed by atoms with van der Waals surface area (Å²) >= 11 is 0. The van der Waals surface area contributed by atoms with Crippen molar-refractivity contribution < 1.29 is 18.8 Å². The van der Waals surface area contributed by atoms with E-state index in [9.17, 15) is 9.18 Å². The summed E-state index contributed by atoms with van der Waals surface area (Å²) in [5, 5.41) is 3.56. The van der Waals surface area contributed by atoms with Crippen LogP contribution in [0.3, 0.4) is 0 Å². The Morgan fingerprint density at radius 3 is 2.50 bits per heavy atom. The van der Waals surface area contributed by atoms with E-state index >= 15 is 0 Å². The third-order valence-corrected chi connectivity index (χ3v) is 1.77. The number of nitrogens with zero attached hydrogens (tertiary/aromatic N) is 1. The molecule has 0 aliphatic carbocycles. The van der Waals surface area contributed by atoms with Crippen molar-refractivity contribution in [2.24, 2.45) is 5.16 Å². The average Bonchev–Trinajstić information content (AvgIpc) is 2.28. The van der Waals surface area contributed by atoms with Crippen LogP contribution >= 0.6 is 0 Å². The topological polar surface area (TPSA) is 47.9 Å². The maximum atomic E-state index is 12.7. The van der Waals surface area contributed by atoms with Gasteiger partial charge < -0.3 is 9.57 Å². The molecular formula is C11H12FNO3. The lowest BCUT2D eigenvalue weighted by Crippen LogP contribution is -2.19. The first-order valence-corrected chi connectivity index (χ1v) is 4.73. The van der Waals surface area contributed by atoms with Gasteiger partial charge >= 0.3 is 5.97 Å². The number of benzene rings is 1. The summed E-state index contributed by atoms with van der Waals surface area (Å²) in [6.07, 6.45) is 0. The minimum Gasteiger partial charge on any atom is -0.461 e. The molecule has 0 atom stereocenters. The number of hydrogen-bond donors (Lipinski definition) is 0. The van der Waals surface area contributed by atoms with Gasteiger partial charge in [0.2, 0.25) is 0 Å². The Morgan fingerprint density at radius 1 is 1.38 bits per heavy atom. The lowest BCUT2D eigenvalue weighted by atomic mass is 10.1. The molecule has 0 saturated heterocycles. The number of ether oxygens (including phenoxy) is 1. The molecule has 0 spiro atoms. The smallest absolute Gasteiger partial charge is 0.361 e. The molecule has 0 aromatic heterocycles. The molecule has 0 N–H and O–H groups in total. The first-order chi connectivity index (χ1) is 7.69. The van der Waals surface area contributed by atoms with E-state index in [1.165, 1.54) is 31.4 Å².